The third kappa shape index (κ3) is 9.77. The van der Waals surface area contributed by atoms with Crippen molar-refractivity contribution in [1.29, 1.82) is 0 Å². The summed E-state index contributed by atoms with van der Waals surface area (Å²) < 4.78 is 6.17. The molecule has 3 aliphatic carbocycles. The molecule has 9 heteroatoms. The molecule has 4 N–H and O–H groups in total. The number of amides is 2. The van der Waals surface area contributed by atoms with Crippen molar-refractivity contribution < 1.29 is 24.0 Å². The molecule has 37 heavy (non-hydrogen) atoms. The van der Waals surface area contributed by atoms with Crippen molar-refractivity contribution >= 4 is 11.8 Å². The van der Waals surface area contributed by atoms with Crippen LogP contribution in [0.1, 0.15) is 104 Å². The predicted octanol–water partition coefficient (Wildman–Crippen LogP) is 4.35. The number of carbonyl (C=O) groups is 2. The van der Waals surface area contributed by atoms with Gasteiger partial charge in [-0.15, -0.1) is 11.2 Å². The molecule has 0 bridgehead atoms. The van der Waals surface area contributed by atoms with Crippen molar-refractivity contribution in [2.75, 3.05) is 19.8 Å². The van der Waals surface area contributed by atoms with Crippen LogP contribution in [0.4, 0.5) is 0 Å². The molecule has 0 aromatic carbocycles. The van der Waals surface area contributed by atoms with Gasteiger partial charge in [0.1, 0.15) is 0 Å². The van der Waals surface area contributed by atoms with E-state index in [9.17, 15) is 9.59 Å². The van der Waals surface area contributed by atoms with Gasteiger partial charge < -0.3 is 4.74 Å². The summed E-state index contributed by atoms with van der Waals surface area (Å²) in [6.07, 6.45) is 13.9. The van der Waals surface area contributed by atoms with Crippen molar-refractivity contribution in [3.05, 3.63) is 0 Å². The first kappa shape index (κ1) is 30.3. The maximum Gasteiger partial charge on any atom is 0.239 e. The summed E-state index contributed by atoms with van der Waals surface area (Å²) >= 11 is 0. The average molecular weight is 525 g/mol. The van der Waals surface area contributed by atoms with Crippen molar-refractivity contribution in [1.82, 2.24) is 22.0 Å². The molecule has 2 amide bonds. The van der Waals surface area contributed by atoms with Gasteiger partial charge in [-0.1, -0.05) is 46.0 Å². The first-order valence-electron chi connectivity index (χ1n) is 15.0. The second kappa shape index (κ2) is 16.6. The van der Waals surface area contributed by atoms with Gasteiger partial charge in [0, 0.05) is 18.4 Å². The van der Waals surface area contributed by atoms with Crippen LogP contribution in [0.5, 0.6) is 0 Å². The second-order valence-electron chi connectivity index (χ2n) is 11.5. The zero-order valence-electron chi connectivity index (χ0n) is 23.4. The van der Waals surface area contributed by atoms with E-state index in [1.54, 1.807) is 0 Å². The van der Waals surface area contributed by atoms with Gasteiger partial charge in [-0.2, -0.15) is 0 Å². The van der Waals surface area contributed by atoms with Crippen LogP contribution < -0.4 is 22.0 Å². The van der Waals surface area contributed by atoms with E-state index in [0.717, 1.165) is 44.6 Å². The normalized spacial score (nSPS) is 31.9. The van der Waals surface area contributed by atoms with Gasteiger partial charge in [0.25, 0.3) is 0 Å². The second-order valence-corrected chi connectivity index (χ2v) is 11.5. The lowest BCUT2D eigenvalue weighted by molar-refractivity contribution is -0.139. The Balaban J connectivity index is 1.43. The lowest BCUT2D eigenvalue weighted by Gasteiger charge is -2.44. The lowest BCUT2D eigenvalue weighted by atomic mass is 9.61. The summed E-state index contributed by atoms with van der Waals surface area (Å²) in [5, 5.41) is 0. The molecule has 0 aliphatic heterocycles. The topological polar surface area (TPSA) is 110 Å². The Morgan fingerprint density at radius 3 is 2.35 bits per heavy atom. The number of unbranched alkanes of at least 4 members (excludes halogenated alkanes) is 3. The van der Waals surface area contributed by atoms with Gasteiger partial charge in [0.15, 0.2) is 0 Å². The molecular formula is C28H52N4O5. The Labute approximate surface area is 223 Å². The molecule has 0 saturated heterocycles. The van der Waals surface area contributed by atoms with Gasteiger partial charge in [-0.25, -0.2) is 0 Å². The van der Waals surface area contributed by atoms with Crippen molar-refractivity contribution in [2.45, 2.75) is 110 Å². The number of ether oxygens (including phenoxy) is 1. The maximum atomic E-state index is 13.0. The molecule has 0 heterocycles. The van der Waals surface area contributed by atoms with E-state index in [4.69, 9.17) is 14.4 Å². The zero-order chi connectivity index (χ0) is 26.5. The van der Waals surface area contributed by atoms with Gasteiger partial charge in [0.05, 0.1) is 19.3 Å². The summed E-state index contributed by atoms with van der Waals surface area (Å²) in [4.78, 5) is 36.4. The van der Waals surface area contributed by atoms with Gasteiger partial charge >= 0.3 is 0 Å². The molecule has 0 spiro atoms. The SMILES string of the molecule is CCCCCCOC1CC(CONNC(=O)C2CCC(C)C3CCCCC23)CC(C(=O)NNOCC)C1. The van der Waals surface area contributed by atoms with E-state index in [2.05, 4.69) is 35.9 Å². The Morgan fingerprint density at radius 2 is 1.57 bits per heavy atom. The van der Waals surface area contributed by atoms with Gasteiger partial charge in [0.2, 0.25) is 11.8 Å². The highest BCUT2D eigenvalue weighted by molar-refractivity contribution is 5.78. The van der Waals surface area contributed by atoms with E-state index < -0.39 is 0 Å². The highest BCUT2D eigenvalue weighted by Gasteiger charge is 2.41. The minimum atomic E-state index is -0.182. The summed E-state index contributed by atoms with van der Waals surface area (Å²) in [5.41, 5.74) is 10.7. The fourth-order valence-corrected chi connectivity index (χ4v) is 6.83. The number of fused-ring (bicyclic) bond motifs is 1. The first-order chi connectivity index (χ1) is 18.0. The van der Waals surface area contributed by atoms with Gasteiger partial charge in [-0.3, -0.25) is 30.1 Å². The summed E-state index contributed by atoms with van der Waals surface area (Å²) in [5.74, 6) is 1.91. The van der Waals surface area contributed by atoms with E-state index >= 15 is 0 Å². The zero-order valence-corrected chi connectivity index (χ0v) is 23.4. The molecule has 0 aromatic heterocycles. The Morgan fingerprint density at radius 1 is 0.811 bits per heavy atom. The molecule has 7 atom stereocenters. The molecule has 9 nitrogen and oxygen atoms in total. The van der Waals surface area contributed by atoms with Crippen molar-refractivity contribution in [3.8, 4) is 0 Å². The molecule has 0 aromatic rings. The maximum absolute atomic E-state index is 13.0. The van der Waals surface area contributed by atoms with Crippen LogP contribution in [0.2, 0.25) is 0 Å². The highest BCUT2D eigenvalue weighted by Crippen LogP contribution is 2.46. The third-order valence-corrected chi connectivity index (χ3v) is 8.83. The van der Waals surface area contributed by atoms with E-state index in [-0.39, 0.29) is 35.7 Å². The van der Waals surface area contributed by atoms with E-state index in [0.29, 0.717) is 37.9 Å². The van der Waals surface area contributed by atoms with Crippen LogP contribution in [0, 0.1) is 35.5 Å². The summed E-state index contributed by atoms with van der Waals surface area (Å²) in [6.45, 7) is 8.00. The first-order valence-corrected chi connectivity index (χ1v) is 15.0. The summed E-state index contributed by atoms with van der Waals surface area (Å²) in [6, 6.07) is 0. The fraction of sp³-hybridized carbons (Fsp3) is 0.929. The van der Waals surface area contributed by atoms with Crippen LogP contribution in [-0.4, -0.2) is 37.7 Å². The molecule has 3 rings (SSSR count). The quantitative estimate of drug-likeness (QED) is 0.186. The van der Waals surface area contributed by atoms with E-state index in [1.807, 2.05) is 6.92 Å². The van der Waals surface area contributed by atoms with Crippen LogP contribution in [0.3, 0.4) is 0 Å². The number of carbonyl (C=O) groups excluding carboxylic acids is 2. The molecule has 3 aliphatic rings. The molecule has 3 fully saturated rings. The lowest BCUT2D eigenvalue weighted by Crippen LogP contribution is -2.48. The fourth-order valence-electron chi connectivity index (χ4n) is 6.83. The van der Waals surface area contributed by atoms with E-state index in [1.165, 1.54) is 38.5 Å². The molecule has 214 valence electrons. The molecule has 0 radical (unpaired) electrons. The average Bonchev–Trinajstić information content (AvgIpc) is 2.91. The third-order valence-electron chi connectivity index (χ3n) is 8.83. The van der Waals surface area contributed by atoms with Crippen LogP contribution in [-0.2, 0) is 24.0 Å². The number of rotatable bonds is 15. The van der Waals surface area contributed by atoms with Gasteiger partial charge in [-0.05, 0) is 82.0 Å². The Hall–Kier alpha value is -1.26. The largest absolute Gasteiger partial charge is 0.378 e. The molecule has 7 unspecified atom stereocenters. The van der Waals surface area contributed by atoms with Crippen LogP contribution in [0.15, 0.2) is 0 Å². The minimum absolute atomic E-state index is 0.0221. The Bertz CT molecular complexity index is 681. The number of hydrogen-bond donors (Lipinski definition) is 4. The van der Waals surface area contributed by atoms with Crippen molar-refractivity contribution in [3.63, 3.8) is 0 Å². The Kier molecular flexibility index (Phi) is 13.6. The number of hydrogen-bond acceptors (Lipinski definition) is 7. The monoisotopic (exact) mass is 524 g/mol. The predicted molar refractivity (Wildman–Crippen MR) is 142 cm³/mol. The molecule has 3 saturated carbocycles. The van der Waals surface area contributed by atoms with Crippen LogP contribution in [0.25, 0.3) is 0 Å². The minimum Gasteiger partial charge on any atom is -0.378 e. The standard InChI is InChI=1S/C28H52N4O5/c1-4-6-7-10-15-35-23-17-21(16-22(18-23)27(33)29-31-36-5-2)19-37-32-30-28(34)26-14-13-20(3)24-11-8-9-12-25(24)26/h20-26,31-32H,4-19H2,1-3H3,(H,29,33)(H,30,34). The summed E-state index contributed by atoms with van der Waals surface area (Å²) in [7, 11) is 0. The highest BCUT2D eigenvalue weighted by atomic mass is 16.7. The number of nitrogens with one attached hydrogen (secondary N) is 4. The van der Waals surface area contributed by atoms with Crippen LogP contribution >= 0.6 is 0 Å². The smallest absolute Gasteiger partial charge is 0.239 e. The van der Waals surface area contributed by atoms with Crippen molar-refractivity contribution in [2.24, 2.45) is 35.5 Å². The number of hydrazine groups is 2. The molecular weight excluding hydrogens is 472 g/mol.